The summed E-state index contributed by atoms with van der Waals surface area (Å²) >= 11 is 0. The van der Waals surface area contributed by atoms with Gasteiger partial charge in [-0.2, -0.15) is 0 Å². The molecule has 4 rings (SSSR count). The summed E-state index contributed by atoms with van der Waals surface area (Å²) in [4.78, 5) is 50.5. The van der Waals surface area contributed by atoms with Gasteiger partial charge < -0.3 is 10.6 Å². The Bertz CT molecular complexity index is 1130. The Morgan fingerprint density at radius 2 is 1.87 bits per heavy atom. The number of amides is 4. The van der Waals surface area contributed by atoms with Crippen LogP contribution in [0, 0.1) is 11.6 Å². The quantitative estimate of drug-likeness (QED) is 0.595. The molecule has 2 aromatic carbocycles. The van der Waals surface area contributed by atoms with Crippen molar-refractivity contribution in [3.63, 3.8) is 0 Å². The van der Waals surface area contributed by atoms with Crippen LogP contribution in [-0.4, -0.2) is 35.1 Å². The Morgan fingerprint density at radius 3 is 2.60 bits per heavy atom. The molecule has 0 aliphatic carbocycles. The number of imide groups is 1. The van der Waals surface area contributed by atoms with Crippen molar-refractivity contribution in [3.05, 3.63) is 64.7 Å². The third-order valence-corrected chi connectivity index (χ3v) is 5.53. The van der Waals surface area contributed by atoms with Crippen LogP contribution in [0.15, 0.2) is 36.4 Å². The molecule has 30 heavy (non-hydrogen) atoms. The summed E-state index contributed by atoms with van der Waals surface area (Å²) in [5.74, 6) is -3.63. The lowest BCUT2D eigenvalue weighted by Gasteiger charge is -2.22. The average Bonchev–Trinajstić information content (AvgIpc) is 3.11. The second-order valence-corrected chi connectivity index (χ2v) is 7.51. The van der Waals surface area contributed by atoms with Gasteiger partial charge in [0.05, 0.1) is 12.5 Å². The average molecular weight is 413 g/mol. The molecular weight excluding hydrogens is 396 g/mol. The molecule has 9 heteroatoms. The molecular formula is C21H17F2N3O4. The number of hydrogen-bond donors (Lipinski definition) is 2. The van der Waals surface area contributed by atoms with Gasteiger partial charge in [-0.25, -0.2) is 13.6 Å². The Kier molecular flexibility index (Phi) is 4.41. The van der Waals surface area contributed by atoms with Gasteiger partial charge in [0.15, 0.2) is 5.78 Å². The van der Waals surface area contributed by atoms with Crippen LogP contribution in [-0.2, 0) is 15.1 Å². The molecule has 0 bridgehead atoms. The minimum absolute atomic E-state index is 0.184. The lowest BCUT2D eigenvalue weighted by Crippen LogP contribution is -2.42. The van der Waals surface area contributed by atoms with Gasteiger partial charge in [-0.15, -0.1) is 0 Å². The zero-order chi connectivity index (χ0) is 21.8. The van der Waals surface area contributed by atoms with E-state index in [1.165, 1.54) is 13.0 Å². The van der Waals surface area contributed by atoms with Crippen LogP contribution in [0.5, 0.6) is 0 Å². The number of Topliss-reactive ketones (excluding diaryl/α,β-unsaturated/α-hetero) is 1. The maximum atomic E-state index is 14.2. The largest absolute Gasteiger partial charge is 0.325 e. The molecule has 0 unspecified atom stereocenters. The van der Waals surface area contributed by atoms with E-state index < -0.39 is 47.4 Å². The topological polar surface area (TPSA) is 95.6 Å². The monoisotopic (exact) mass is 413 g/mol. The number of carbonyl (C=O) groups excluding carboxylic acids is 4. The van der Waals surface area contributed by atoms with Crippen LogP contribution < -0.4 is 10.6 Å². The van der Waals surface area contributed by atoms with Crippen LogP contribution in [0.2, 0.25) is 0 Å². The van der Waals surface area contributed by atoms with Gasteiger partial charge >= 0.3 is 6.03 Å². The molecule has 0 spiro atoms. The van der Waals surface area contributed by atoms with Gasteiger partial charge in [-0.1, -0.05) is 0 Å². The first kappa shape index (κ1) is 19.7. The Labute approximate surface area is 170 Å². The van der Waals surface area contributed by atoms with Crippen molar-refractivity contribution in [3.8, 4) is 0 Å². The van der Waals surface area contributed by atoms with Crippen LogP contribution >= 0.6 is 0 Å². The molecule has 0 saturated carbocycles. The third kappa shape index (κ3) is 2.94. The number of ketones is 1. The number of nitrogens with zero attached hydrogens (tertiary/aromatic N) is 1. The molecule has 2 atom stereocenters. The number of carbonyl (C=O) groups is 4. The fraction of sp³-hybridized carbons (Fsp3) is 0.238. The van der Waals surface area contributed by atoms with Crippen LogP contribution in [0.3, 0.4) is 0 Å². The number of rotatable bonds is 4. The summed E-state index contributed by atoms with van der Waals surface area (Å²) < 4.78 is 27.8. The van der Waals surface area contributed by atoms with Crippen molar-refractivity contribution in [2.45, 2.75) is 25.3 Å². The summed E-state index contributed by atoms with van der Waals surface area (Å²) in [7, 11) is 0. The number of benzene rings is 2. The first-order chi connectivity index (χ1) is 14.1. The summed E-state index contributed by atoms with van der Waals surface area (Å²) in [5.41, 5.74) is -0.690. The lowest BCUT2D eigenvalue weighted by molar-refractivity contribution is -0.130. The van der Waals surface area contributed by atoms with Crippen LogP contribution in [0.4, 0.5) is 19.3 Å². The van der Waals surface area contributed by atoms with Crippen molar-refractivity contribution < 1.29 is 28.0 Å². The Balaban J connectivity index is 1.59. The van der Waals surface area contributed by atoms with E-state index in [2.05, 4.69) is 10.6 Å². The molecule has 154 valence electrons. The number of halogens is 2. The highest BCUT2D eigenvalue weighted by Crippen LogP contribution is 2.34. The molecule has 1 fully saturated rings. The summed E-state index contributed by atoms with van der Waals surface area (Å²) in [5, 5.41) is 5.04. The second kappa shape index (κ2) is 6.72. The van der Waals surface area contributed by atoms with Crippen molar-refractivity contribution >= 4 is 29.3 Å². The van der Waals surface area contributed by atoms with Gasteiger partial charge in [0.1, 0.15) is 17.2 Å². The van der Waals surface area contributed by atoms with E-state index >= 15 is 0 Å². The van der Waals surface area contributed by atoms with E-state index in [9.17, 15) is 28.0 Å². The van der Waals surface area contributed by atoms with E-state index in [0.717, 1.165) is 18.2 Å². The molecule has 0 aromatic heterocycles. The molecule has 4 amide bonds. The summed E-state index contributed by atoms with van der Waals surface area (Å²) in [6, 6.07) is 6.34. The molecule has 2 heterocycles. The zero-order valence-corrected chi connectivity index (χ0v) is 16.1. The first-order valence-electron chi connectivity index (χ1n) is 9.19. The van der Waals surface area contributed by atoms with Crippen molar-refractivity contribution in [1.29, 1.82) is 0 Å². The molecule has 2 aromatic rings. The predicted octanol–water partition coefficient (Wildman–Crippen LogP) is 2.67. The van der Waals surface area contributed by atoms with Crippen molar-refractivity contribution in [2.75, 3.05) is 11.9 Å². The highest BCUT2D eigenvalue weighted by molar-refractivity contribution is 6.12. The van der Waals surface area contributed by atoms with E-state index in [1.807, 2.05) is 0 Å². The lowest BCUT2D eigenvalue weighted by atomic mass is 9.91. The van der Waals surface area contributed by atoms with Crippen LogP contribution in [0.25, 0.3) is 0 Å². The van der Waals surface area contributed by atoms with Gasteiger partial charge in [-0.05, 0) is 55.8 Å². The number of nitrogens with one attached hydrogen (secondary N) is 2. The molecule has 1 saturated heterocycles. The maximum absolute atomic E-state index is 14.2. The van der Waals surface area contributed by atoms with E-state index in [1.54, 1.807) is 19.1 Å². The number of fused-ring (bicyclic) bond motifs is 1. The minimum atomic E-state index is -1.84. The maximum Gasteiger partial charge on any atom is 0.325 e. The standard InChI is InChI=1S/C21H17F2N3O4/c1-10-13-7-11(3-6-16(13)24-18(10)28)17(27)9-26-19(29)21(2,25-20(26)30)14-8-12(22)4-5-15(14)23/h3-8,10H,9H2,1-2H3,(H,24,28)(H,25,30)/t10-,21+/m1/s1. The van der Waals surface area contributed by atoms with Crippen molar-refractivity contribution in [1.82, 2.24) is 10.2 Å². The second-order valence-electron chi connectivity index (χ2n) is 7.51. The molecule has 0 radical (unpaired) electrons. The minimum Gasteiger partial charge on any atom is -0.325 e. The van der Waals surface area contributed by atoms with E-state index in [4.69, 9.17) is 0 Å². The third-order valence-electron chi connectivity index (χ3n) is 5.53. The van der Waals surface area contributed by atoms with E-state index in [0.29, 0.717) is 16.2 Å². The Hall–Kier alpha value is -3.62. The molecule has 7 nitrogen and oxygen atoms in total. The predicted molar refractivity (Wildman–Crippen MR) is 102 cm³/mol. The van der Waals surface area contributed by atoms with Gasteiger partial charge in [0.2, 0.25) is 5.91 Å². The number of anilines is 1. The molecule has 2 aliphatic heterocycles. The highest BCUT2D eigenvalue weighted by Gasteiger charge is 2.50. The summed E-state index contributed by atoms with van der Waals surface area (Å²) in [6.07, 6.45) is 0. The highest BCUT2D eigenvalue weighted by atomic mass is 19.1. The molecule has 2 aliphatic rings. The SMILES string of the molecule is C[C@H]1C(=O)Nc2ccc(C(=O)CN3C(=O)N[C@@](C)(c4cc(F)ccc4F)C3=O)cc21. The van der Waals surface area contributed by atoms with Gasteiger partial charge in [-0.3, -0.25) is 19.3 Å². The summed E-state index contributed by atoms with van der Waals surface area (Å²) in [6.45, 7) is 2.38. The molecule has 2 N–H and O–H groups in total. The fourth-order valence-electron chi connectivity index (χ4n) is 3.73. The zero-order valence-electron chi connectivity index (χ0n) is 16.1. The number of urea groups is 1. The van der Waals surface area contributed by atoms with Crippen LogP contribution in [0.1, 0.15) is 41.3 Å². The fourth-order valence-corrected chi connectivity index (χ4v) is 3.73. The normalized spacial score (nSPS) is 22.7. The van der Waals surface area contributed by atoms with Gasteiger partial charge in [0, 0.05) is 16.8 Å². The first-order valence-corrected chi connectivity index (χ1v) is 9.19. The Morgan fingerprint density at radius 1 is 1.13 bits per heavy atom. The van der Waals surface area contributed by atoms with E-state index in [-0.39, 0.29) is 17.0 Å². The van der Waals surface area contributed by atoms with Crippen molar-refractivity contribution in [2.24, 2.45) is 0 Å². The van der Waals surface area contributed by atoms with Gasteiger partial charge in [0.25, 0.3) is 5.91 Å². The number of hydrogen-bond acceptors (Lipinski definition) is 4. The smallest absolute Gasteiger partial charge is 0.325 e.